The van der Waals surface area contributed by atoms with Crippen LogP contribution >= 0.6 is 0 Å². The van der Waals surface area contributed by atoms with Crippen molar-refractivity contribution < 1.29 is 4.74 Å². The van der Waals surface area contributed by atoms with E-state index in [1.807, 2.05) is 18.7 Å². The van der Waals surface area contributed by atoms with Crippen molar-refractivity contribution in [2.24, 2.45) is 12.8 Å². The van der Waals surface area contributed by atoms with Crippen molar-refractivity contribution in [2.45, 2.75) is 44.8 Å². The van der Waals surface area contributed by atoms with Crippen LogP contribution in [0.5, 0.6) is 0 Å². The largest absolute Gasteiger partial charge is 0.374 e. The van der Waals surface area contributed by atoms with Gasteiger partial charge in [-0.1, -0.05) is 0 Å². The summed E-state index contributed by atoms with van der Waals surface area (Å²) in [5, 5.41) is 4.33. The van der Waals surface area contributed by atoms with Gasteiger partial charge in [0.25, 0.3) is 0 Å². The maximum absolute atomic E-state index is 6.26. The maximum Gasteiger partial charge on any atom is 0.0809 e. The van der Waals surface area contributed by atoms with Crippen LogP contribution in [0.4, 0.5) is 0 Å². The molecule has 0 aliphatic carbocycles. The smallest absolute Gasteiger partial charge is 0.0809 e. The van der Waals surface area contributed by atoms with Gasteiger partial charge in [-0.2, -0.15) is 5.10 Å². The molecule has 16 heavy (non-hydrogen) atoms. The number of ether oxygens (including phenoxy) is 1. The molecule has 0 radical (unpaired) electrons. The van der Waals surface area contributed by atoms with E-state index in [0.29, 0.717) is 0 Å². The first kappa shape index (κ1) is 11.6. The van der Waals surface area contributed by atoms with Gasteiger partial charge >= 0.3 is 0 Å². The van der Waals surface area contributed by atoms with Gasteiger partial charge in [0.2, 0.25) is 0 Å². The minimum absolute atomic E-state index is 0.0461. The Morgan fingerprint density at radius 1 is 1.69 bits per heavy atom. The summed E-state index contributed by atoms with van der Waals surface area (Å²) in [5.41, 5.74) is 8.33. The zero-order chi connectivity index (χ0) is 11.8. The first-order valence-electron chi connectivity index (χ1n) is 5.90. The number of nitrogens with two attached hydrogens (primary N) is 1. The van der Waals surface area contributed by atoms with Crippen molar-refractivity contribution in [3.63, 3.8) is 0 Å². The van der Waals surface area contributed by atoms with Crippen LogP contribution in [-0.2, 0) is 18.2 Å². The van der Waals surface area contributed by atoms with Crippen molar-refractivity contribution in [2.75, 3.05) is 6.61 Å². The summed E-state index contributed by atoms with van der Waals surface area (Å²) in [7, 11) is 1.97. The van der Waals surface area contributed by atoms with Gasteiger partial charge in [-0.25, -0.2) is 0 Å². The Hall–Kier alpha value is -0.870. The second-order valence-corrected chi connectivity index (χ2v) is 4.98. The Morgan fingerprint density at radius 3 is 2.94 bits per heavy atom. The summed E-state index contributed by atoms with van der Waals surface area (Å²) in [5.74, 6) is 0. The van der Waals surface area contributed by atoms with Crippen molar-refractivity contribution in [3.8, 4) is 0 Å². The van der Waals surface area contributed by atoms with E-state index >= 15 is 0 Å². The average Bonchev–Trinajstić information content (AvgIpc) is 2.75. The highest BCUT2D eigenvalue weighted by atomic mass is 16.5. The van der Waals surface area contributed by atoms with Gasteiger partial charge in [-0.3, -0.25) is 4.68 Å². The third kappa shape index (κ3) is 2.13. The Morgan fingerprint density at radius 2 is 2.44 bits per heavy atom. The van der Waals surface area contributed by atoms with E-state index in [0.717, 1.165) is 31.6 Å². The van der Waals surface area contributed by atoms with Gasteiger partial charge in [0.05, 0.1) is 11.3 Å². The van der Waals surface area contributed by atoms with Gasteiger partial charge in [0, 0.05) is 31.8 Å². The van der Waals surface area contributed by atoms with Gasteiger partial charge in [-0.15, -0.1) is 0 Å². The van der Waals surface area contributed by atoms with Crippen LogP contribution in [0.1, 0.15) is 31.2 Å². The lowest BCUT2D eigenvalue weighted by atomic mass is 9.90. The van der Waals surface area contributed by atoms with E-state index in [9.17, 15) is 0 Å². The molecule has 2 unspecified atom stereocenters. The topological polar surface area (TPSA) is 53.1 Å². The molecular weight excluding hydrogens is 202 g/mol. The van der Waals surface area contributed by atoms with E-state index in [1.54, 1.807) is 0 Å². The molecule has 0 saturated carbocycles. The van der Waals surface area contributed by atoms with Crippen LogP contribution in [-0.4, -0.2) is 28.0 Å². The molecule has 2 heterocycles. The number of aryl methyl sites for hydroxylation is 2. The Kier molecular flexibility index (Phi) is 3.04. The molecule has 4 nitrogen and oxygen atoms in total. The predicted molar refractivity (Wildman–Crippen MR) is 63.2 cm³/mol. The van der Waals surface area contributed by atoms with Crippen LogP contribution in [0.2, 0.25) is 0 Å². The van der Waals surface area contributed by atoms with Gasteiger partial charge in [0.1, 0.15) is 0 Å². The predicted octanol–water partition coefficient (Wildman–Crippen LogP) is 1.17. The quantitative estimate of drug-likeness (QED) is 0.837. The van der Waals surface area contributed by atoms with E-state index in [4.69, 9.17) is 10.5 Å². The van der Waals surface area contributed by atoms with Crippen LogP contribution in [0.3, 0.4) is 0 Å². The van der Waals surface area contributed by atoms with Crippen molar-refractivity contribution in [3.05, 3.63) is 17.5 Å². The maximum atomic E-state index is 6.26. The fourth-order valence-corrected chi connectivity index (χ4v) is 2.39. The second kappa shape index (κ2) is 4.18. The van der Waals surface area contributed by atoms with E-state index in [2.05, 4.69) is 18.1 Å². The van der Waals surface area contributed by atoms with Gasteiger partial charge in [-0.05, 0) is 32.8 Å². The Labute approximate surface area is 96.8 Å². The lowest BCUT2D eigenvalue weighted by Crippen LogP contribution is -2.46. The van der Waals surface area contributed by atoms with Crippen LogP contribution in [0.25, 0.3) is 0 Å². The zero-order valence-corrected chi connectivity index (χ0v) is 10.4. The molecule has 1 fully saturated rings. The van der Waals surface area contributed by atoms with Crippen LogP contribution < -0.4 is 5.73 Å². The number of hydrogen-bond donors (Lipinski definition) is 1. The molecule has 2 N–H and O–H groups in total. The summed E-state index contributed by atoms with van der Waals surface area (Å²) >= 11 is 0. The number of nitrogens with zero attached hydrogens (tertiary/aromatic N) is 2. The highest BCUT2D eigenvalue weighted by molar-refractivity contribution is 5.11. The highest BCUT2D eigenvalue weighted by Crippen LogP contribution is 2.29. The summed E-state index contributed by atoms with van der Waals surface area (Å²) in [6.07, 6.45) is 3.01. The van der Waals surface area contributed by atoms with Crippen LogP contribution in [0.15, 0.2) is 6.07 Å². The van der Waals surface area contributed by atoms with Crippen molar-refractivity contribution in [1.29, 1.82) is 0 Å². The highest BCUT2D eigenvalue weighted by Gasteiger charge is 2.36. The number of hydrogen-bond acceptors (Lipinski definition) is 3. The minimum Gasteiger partial charge on any atom is -0.374 e. The standard InChI is InChI=1S/C12H21N3O/c1-9-7-10(15(3)14-9)8-11(13)12(2)5-4-6-16-12/h7,11H,4-6,8,13H2,1-3H3. The zero-order valence-electron chi connectivity index (χ0n) is 10.4. The molecule has 1 aliphatic heterocycles. The molecule has 0 aromatic carbocycles. The van der Waals surface area contributed by atoms with Crippen molar-refractivity contribution >= 4 is 0 Å². The molecule has 0 spiro atoms. The minimum atomic E-state index is -0.155. The monoisotopic (exact) mass is 223 g/mol. The fourth-order valence-electron chi connectivity index (χ4n) is 2.39. The van der Waals surface area contributed by atoms with Gasteiger partial charge in [0.15, 0.2) is 0 Å². The first-order chi connectivity index (χ1) is 7.51. The lowest BCUT2D eigenvalue weighted by molar-refractivity contribution is -0.00130. The summed E-state index contributed by atoms with van der Waals surface area (Å²) in [4.78, 5) is 0. The summed E-state index contributed by atoms with van der Waals surface area (Å²) < 4.78 is 7.68. The molecule has 0 amide bonds. The fraction of sp³-hybridized carbons (Fsp3) is 0.750. The molecule has 4 heteroatoms. The Balaban J connectivity index is 2.07. The molecule has 1 aromatic heterocycles. The van der Waals surface area contributed by atoms with Crippen molar-refractivity contribution in [1.82, 2.24) is 9.78 Å². The average molecular weight is 223 g/mol. The molecule has 2 atom stereocenters. The molecule has 1 aromatic rings. The Bertz CT molecular complexity index is 366. The van der Waals surface area contributed by atoms with Gasteiger partial charge < -0.3 is 10.5 Å². The third-order valence-corrected chi connectivity index (χ3v) is 3.56. The summed E-state index contributed by atoms with van der Waals surface area (Å²) in [6.45, 7) is 4.96. The van der Waals surface area contributed by atoms with E-state index < -0.39 is 0 Å². The third-order valence-electron chi connectivity index (χ3n) is 3.56. The van der Waals surface area contributed by atoms with E-state index in [1.165, 1.54) is 5.69 Å². The number of rotatable bonds is 3. The van der Waals surface area contributed by atoms with E-state index in [-0.39, 0.29) is 11.6 Å². The molecular formula is C12H21N3O. The SMILES string of the molecule is Cc1cc(CC(N)C2(C)CCCO2)n(C)n1. The second-order valence-electron chi connectivity index (χ2n) is 4.98. The normalized spacial score (nSPS) is 27.2. The lowest BCUT2D eigenvalue weighted by Gasteiger charge is -2.30. The van der Waals surface area contributed by atoms with Crippen LogP contribution in [0, 0.1) is 6.92 Å². The molecule has 1 saturated heterocycles. The molecule has 2 rings (SSSR count). The first-order valence-corrected chi connectivity index (χ1v) is 5.90. The molecule has 1 aliphatic rings. The summed E-state index contributed by atoms with van der Waals surface area (Å²) in [6, 6.07) is 2.14. The molecule has 90 valence electrons. The molecule has 0 bridgehead atoms. The number of aromatic nitrogens is 2.